The Kier molecular flexibility index (Phi) is 4.61. The molecule has 2 aromatic carbocycles. The monoisotopic (exact) mass is 282 g/mol. The number of nitrogen functional groups attached to an aromatic ring is 1. The quantitative estimate of drug-likeness (QED) is 0.668. The van der Waals surface area contributed by atoms with Crippen molar-refractivity contribution in [3.8, 4) is 5.75 Å². The molecule has 0 radical (unpaired) electrons. The summed E-state index contributed by atoms with van der Waals surface area (Å²) in [7, 11) is 1.58. The zero-order valence-corrected chi connectivity index (χ0v) is 12.1. The van der Waals surface area contributed by atoms with Crippen LogP contribution < -0.4 is 15.8 Å². The van der Waals surface area contributed by atoms with Crippen molar-refractivity contribution in [3.05, 3.63) is 59.7 Å². The zero-order chi connectivity index (χ0) is 15.2. The Hall–Kier alpha value is -2.75. The fourth-order valence-corrected chi connectivity index (χ4v) is 1.86. The van der Waals surface area contributed by atoms with Gasteiger partial charge in [0, 0.05) is 11.8 Å². The van der Waals surface area contributed by atoms with Crippen LogP contribution in [0.25, 0.3) is 6.08 Å². The van der Waals surface area contributed by atoms with Gasteiger partial charge >= 0.3 is 0 Å². The molecule has 0 unspecified atom stereocenters. The summed E-state index contributed by atoms with van der Waals surface area (Å²) in [5.41, 5.74) is 8.94. The maximum Gasteiger partial charge on any atom is 0.248 e. The summed E-state index contributed by atoms with van der Waals surface area (Å²) < 4.78 is 5.25. The third-order valence-electron chi connectivity index (χ3n) is 2.98. The van der Waals surface area contributed by atoms with Gasteiger partial charge in [0.05, 0.1) is 12.8 Å². The smallest absolute Gasteiger partial charge is 0.248 e. The molecule has 0 aliphatic rings. The minimum atomic E-state index is -0.214. The van der Waals surface area contributed by atoms with Crippen LogP contribution in [0.3, 0.4) is 0 Å². The number of hydrogen-bond donors (Lipinski definition) is 2. The highest BCUT2D eigenvalue weighted by molar-refractivity contribution is 6.02. The van der Waals surface area contributed by atoms with Crippen LogP contribution in [-0.4, -0.2) is 13.0 Å². The zero-order valence-electron chi connectivity index (χ0n) is 12.1. The second-order valence-corrected chi connectivity index (χ2v) is 4.69. The first-order chi connectivity index (χ1) is 10.1. The number of rotatable bonds is 4. The number of hydrogen-bond acceptors (Lipinski definition) is 3. The third kappa shape index (κ3) is 4.11. The molecule has 1 amide bonds. The summed E-state index contributed by atoms with van der Waals surface area (Å²) in [5.74, 6) is 0.429. The van der Waals surface area contributed by atoms with Gasteiger partial charge in [-0.1, -0.05) is 18.2 Å². The standard InChI is InChI=1S/C17H18N2O2/c1-12-3-9-15(16(11-12)21-2)19-17(20)10-6-13-4-7-14(18)8-5-13/h3-11H,18H2,1-2H3,(H,19,20)/b10-6+. The van der Waals surface area contributed by atoms with Gasteiger partial charge < -0.3 is 15.8 Å². The molecule has 3 N–H and O–H groups in total. The summed E-state index contributed by atoms with van der Waals surface area (Å²) in [6.07, 6.45) is 3.21. The van der Waals surface area contributed by atoms with Gasteiger partial charge in [0.2, 0.25) is 5.91 Å². The third-order valence-corrected chi connectivity index (χ3v) is 2.98. The first-order valence-corrected chi connectivity index (χ1v) is 6.58. The van der Waals surface area contributed by atoms with Crippen LogP contribution in [0.1, 0.15) is 11.1 Å². The highest BCUT2D eigenvalue weighted by Gasteiger charge is 2.05. The normalized spacial score (nSPS) is 10.6. The predicted molar refractivity (Wildman–Crippen MR) is 86.2 cm³/mol. The summed E-state index contributed by atoms with van der Waals surface area (Å²) in [6.45, 7) is 1.97. The van der Waals surface area contributed by atoms with Crippen LogP contribution in [0.4, 0.5) is 11.4 Å². The van der Waals surface area contributed by atoms with Gasteiger partial charge in [-0.3, -0.25) is 4.79 Å². The molecule has 0 aromatic heterocycles. The molecule has 4 nitrogen and oxygen atoms in total. The van der Waals surface area contributed by atoms with Crippen molar-refractivity contribution in [1.82, 2.24) is 0 Å². The van der Waals surface area contributed by atoms with Crippen LogP contribution in [-0.2, 0) is 4.79 Å². The number of carbonyl (C=O) groups excluding carboxylic acids is 1. The van der Waals surface area contributed by atoms with Crippen molar-refractivity contribution < 1.29 is 9.53 Å². The molecule has 21 heavy (non-hydrogen) atoms. The minimum absolute atomic E-state index is 0.214. The van der Waals surface area contributed by atoms with Gasteiger partial charge in [-0.25, -0.2) is 0 Å². The van der Waals surface area contributed by atoms with Gasteiger partial charge in [-0.2, -0.15) is 0 Å². The lowest BCUT2D eigenvalue weighted by Gasteiger charge is -2.09. The largest absolute Gasteiger partial charge is 0.495 e. The number of methoxy groups -OCH3 is 1. The van der Waals surface area contributed by atoms with E-state index in [9.17, 15) is 4.79 Å². The molecule has 0 spiro atoms. The van der Waals surface area contributed by atoms with Crippen molar-refractivity contribution in [2.45, 2.75) is 6.92 Å². The average molecular weight is 282 g/mol. The molecule has 0 saturated heterocycles. The highest BCUT2D eigenvalue weighted by atomic mass is 16.5. The van der Waals surface area contributed by atoms with E-state index >= 15 is 0 Å². The Labute approximate surface area is 124 Å². The van der Waals surface area contributed by atoms with Crippen molar-refractivity contribution in [2.75, 3.05) is 18.2 Å². The average Bonchev–Trinajstić information content (AvgIpc) is 2.48. The number of benzene rings is 2. The predicted octanol–water partition coefficient (Wildman–Crippen LogP) is 3.24. The molecular formula is C17H18N2O2. The second kappa shape index (κ2) is 6.61. The number of nitrogens with one attached hydrogen (secondary N) is 1. The molecule has 0 heterocycles. The van der Waals surface area contributed by atoms with Gasteiger partial charge in [0.15, 0.2) is 0 Å². The Morgan fingerprint density at radius 1 is 1.19 bits per heavy atom. The summed E-state index contributed by atoms with van der Waals surface area (Å²) in [5, 5.41) is 2.79. The molecule has 0 bridgehead atoms. The van der Waals surface area contributed by atoms with Gasteiger partial charge in [-0.15, -0.1) is 0 Å². The molecular weight excluding hydrogens is 264 g/mol. The Morgan fingerprint density at radius 3 is 2.57 bits per heavy atom. The molecule has 108 valence electrons. The Balaban J connectivity index is 2.06. The first-order valence-electron chi connectivity index (χ1n) is 6.58. The van der Waals surface area contributed by atoms with Crippen LogP contribution in [0.15, 0.2) is 48.5 Å². The van der Waals surface area contributed by atoms with E-state index in [-0.39, 0.29) is 5.91 Å². The maximum absolute atomic E-state index is 11.9. The van der Waals surface area contributed by atoms with E-state index in [1.807, 2.05) is 37.3 Å². The second-order valence-electron chi connectivity index (χ2n) is 4.69. The first kappa shape index (κ1) is 14.7. The van der Waals surface area contributed by atoms with Gasteiger partial charge in [0.1, 0.15) is 5.75 Å². The number of aryl methyl sites for hydroxylation is 1. The molecule has 0 saturated carbocycles. The lowest BCUT2D eigenvalue weighted by Crippen LogP contribution is -2.08. The van der Waals surface area contributed by atoms with E-state index in [4.69, 9.17) is 10.5 Å². The Bertz CT molecular complexity index is 661. The summed E-state index contributed by atoms with van der Waals surface area (Å²) in [6, 6.07) is 12.9. The van der Waals surface area contributed by atoms with E-state index in [2.05, 4.69) is 5.32 Å². The van der Waals surface area contributed by atoms with E-state index in [1.165, 1.54) is 6.08 Å². The maximum atomic E-state index is 11.9. The van der Waals surface area contributed by atoms with E-state index in [0.29, 0.717) is 17.1 Å². The molecule has 4 heteroatoms. The van der Waals surface area contributed by atoms with Gasteiger partial charge in [0.25, 0.3) is 0 Å². The topological polar surface area (TPSA) is 64.3 Å². The molecule has 2 aromatic rings. The lowest BCUT2D eigenvalue weighted by molar-refractivity contribution is -0.111. The lowest BCUT2D eigenvalue weighted by atomic mass is 10.2. The SMILES string of the molecule is COc1cc(C)ccc1NC(=O)/C=C/c1ccc(N)cc1. The molecule has 0 aliphatic carbocycles. The number of amides is 1. The number of anilines is 2. The molecule has 0 atom stereocenters. The fourth-order valence-electron chi connectivity index (χ4n) is 1.86. The van der Waals surface area contributed by atoms with Crippen LogP contribution >= 0.6 is 0 Å². The van der Waals surface area contributed by atoms with Crippen molar-refractivity contribution in [1.29, 1.82) is 0 Å². The van der Waals surface area contributed by atoms with E-state index in [1.54, 1.807) is 25.3 Å². The molecule has 0 aliphatic heterocycles. The van der Waals surface area contributed by atoms with E-state index in [0.717, 1.165) is 11.1 Å². The number of ether oxygens (including phenoxy) is 1. The fraction of sp³-hybridized carbons (Fsp3) is 0.118. The Morgan fingerprint density at radius 2 is 1.90 bits per heavy atom. The van der Waals surface area contributed by atoms with Crippen molar-refractivity contribution in [2.24, 2.45) is 0 Å². The minimum Gasteiger partial charge on any atom is -0.495 e. The molecule has 0 fully saturated rings. The van der Waals surface area contributed by atoms with Gasteiger partial charge in [-0.05, 0) is 48.4 Å². The molecule has 2 rings (SSSR count). The van der Waals surface area contributed by atoms with Crippen molar-refractivity contribution in [3.63, 3.8) is 0 Å². The number of nitrogens with two attached hydrogens (primary N) is 1. The summed E-state index contributed by atoms with van der Waals surface area (Å²) in [4.78, 5) is 11.9. The highest BCUT2D eigenvalue weighted by Crippen LogP contribution is 2.25. The van der Waals surface area contributed by atoms with Crippen LogP contribution in [0.2, 0.25) is 0 Å². The number of carbonyl (C=O) groups is 1. The van der Waals surface area contributed by atoms with Crippen LogP contribution in [0.5, 0.6) is 5.75 Å². The van der Waals surface area contributed by atoms with Crippen LogP contribution in [0, 0.1) is 6.92 Å². The van der Waals surface area contributed by atoms with Crippen molar-refractivity contribution >= 4 is 23.4 Å². The van der Waals surface area contributed by atoms with E-state index < -0.39 is 0 Å². The summed E-state index contributed by atoms with van der Waals surface area (Å²) >= 11 is 0.